The maximum Gasteiger partial charge on any atom is 0.0361 e. The van der Waals surface area contributed by atoms with Crippen molar-refractivity contribution in [1.29, 1.82) is 0 Å². The Labute approximate surface area is 276 Å². The molecule has 0 N–H and O–H groups in total. The van der Waals surface area contributed by atoms with Crippen LogP contribution in [0.3, 0.4) is 0 Å². The second-order valence-corrected chi connectivity index (χ2v) is 13.5. The van der Waals surface area contributed by atoms with E-state index in [0.717, 1.165) is 0 Å². The molecular formula is C46H28S. The van der Waals surface area contributed by atoms with Gasteiger partial charge in [0.05, 0.1) is 0 Å². The molecule has 0 amide bonds. The molecule has 0 fully saturated rings. The number of fused-ring (bicyclic) bond motifs is 7. The highest BCUT2D eigenvalue weighted by atomic mass is 32.1. The van der Waals surface area contributed by atoms with Gasteiger partial charge < -0.3 is 0 Å². The van der Waals surface area contributed by atoms with E-state index in [1.54, 1.807) is 0 Å². The van der Waals surface area contributed by atoms with Crippen LogP contribution in [-0.2, 0) is 0 Å². The van der Waals surface area contributed by atoms with E-state index in [9.17, 15) is 0 Å². The predicted octanol–water partition coefficient (Wildman–Crippen LogP) is 13.7. The third-order valence-corrected chi connectivity index (χ3v) is 10.9. The Balaban J connectivity index is 1.18. The molecule has 0 saturated heterocycles. The Morgan fingerprint density at radius 1 is 0.277 bits per heavy atom. The third kappa shape index (κ3) is 4.14. The normalized spacial score (nSPS) is 11.8. The minimum atomic E-state index is 1.23. The van der Waals surface area contributed by atoms with Gasteiger partial charge in [-0.15, -0.1) is 11.3 Å². The fourth-order valence-electron chi connectivity index (χ4n) is 7.67. The van der Waals surface area contributed by atoms with Gasteiger partial charge in [0.25, 0.3) is 0 Å². The molecule has 0 atom stereocenters. The van der Waals surface area contributed by atoms with Crippen LogP contribution >= 0.6 is 11.3 Å². The smallest absolute Gasteiger partial charge is 0.0361 e. The fourth-order valence-corrected chi connectivity index (χ4v) is 8.84. The van der Waals surface area contributed by atoms with E-state index in [-0.39, 0.29) is 0 Å². The zero-order valence-electron chi connectivity index (χ0n) is 25.6. The maximum atomic E-state index is 2.38. The summed E-state index contributed by atoms with van der Waals surface area (Å²) in [5.41, 5.74) is 7.59. The lowest BCUT2D eigenvalue weighted by Gasteiger charge is -2.19. The molecule has 0 aliphatic carbocycles. The largest absolute Gasteiger partial charge is 0.135 e. The Bertz CT molecular complexity index is 2790. The van der Waals surface area contributed by atoms with Crippen LogP contribution in [-0.4, -0.2) is 0 Å². The lowest BCUT2D eigenvalue weighted by atomic mass is 9.84. The minimum absolute atomic E-state index is 1.23. The van der Waals surface area contributed by atoms with Gasteiger partial charge in [-0.1, -0.05) is 146 Å². The summed E-state index contributed by atoms with van der Waals surface area (Å²) in [5.74, 6) is 0. The summed E-state index contributed by atoms with van der Waals surface area (Å²) in [6.07, 6.45) is 0. The standard InChI is InChI=1S/C46H28S/c1-2-13-32-27-44-42(26-31(32)12-1)36-24-23-33(28-43(36)47-44)30-15-9-16-34(25-30)45-38-18-5-7-20-40(38)46(41-21-8-6-19-39(41)45)37-22-10-14-29-11-3-4-17-35(29)37/h1-28H. The van der Waals surface area contributed by atoms with Crippen molar-refractivity contribution in [1.82, 2.24) is 0 Å². The molecule has 0 bridgehead atoms. The quantitative estimate of drug-likeness (QED) is 0.174. The molecule has 1 aromatic heterocycles. The van der Waals surface area contributed by atoms with Crippen LogP contribution in [0.1, 0.15) is 0 Å². The second kappa shape index (κ2) is 10.4. The molecule has 10 aromatic rings. The minimum Gasteiger partial charge on any atom is -0.135 e. The van der Waals surface area contributed by atoms with E-state index < -0.39 is 0 Å². The van der Waals surface area contributed by atoms with E-state index >= 15 is 0 Å². The van der Waals surface area contributed by atoms with E-state index in [4.69, 9.17) is 0 Å². The first kappa shape index (κ1) is 26.5. The summed E-state index contributed by atoms with van der Waals surface area (Å²) in [4.78, 5) is 0. The van der Waals surface area contributed by atoms with Crippen molar-refractivity contribution in [3.8, 4) is 33.4 Å². The van der Waals surface area contributed by atoms with Crippen molar-refractivity contribution in [3.63, 3.8) is 0 Å². The summed E-state index contributed by atoms with van der Waals surface area (Å²) >= 11 is 1.89. The van der Waals surface area contributed by atoms with E-state index in [2.05, 4.69) is 170 Å². The summed E-state index contributed by atoms with van der Waals surface area (Å²) in [6.45, 7) is 0. The zero-order valence-corrected chi connectivity index (χ0v) is 26.4. The van der Waals surface area contributed by atoms with Gasteiger partial charge in [0.2, 0.25) is 0 Å². The van der Waals surface area contributed by atoms with Gasteiger partial charge in [-0.3, -0.25) is 0 Å². The predicted molar refractivity (Wildman–Crippen MR) is 206 cm³/mol. The zero-order chi connectivity index (χ0) is 30.9. The number of rotatable bonds is 3. The van der Waals surface area contributed by atoms with Crippen molar-refractivity contribution >= 4 is 74.6 Å². The molecule has 10 rings (SSSR count). The van der Waals surface area contributed by atoms with Gasteiger partial charge in [-0.05, 0) is 101 Å². The molecule has 1 heteroatoms. The molecule has 47 heavy (non-hydrogen) atoms. The van der Waals surface area contributed by atoms with Gasteiger partial charge in [0, 0.05) is 20.2 Å². The van der Waals surface area contributed by atoms with Crippen molar-refractivity contribution in [2.45, 2.75) is 0 Å². The van der Waals surface area contributed by atoms with Crippen LogP contribution in [0.25, 0.3) is 96.6 Å². The van der Waals surface area contributed by atoms with Crippen LogP contribution in [0.15, 0.2) is 170 Å². The maximum absolute atomic E-state index is 2.38. The second-order valence-electron chi connectivity index (χ2n) is 12.5. The number of hydrogen-bond acceptors (Lipinski definition) is 1. The molecular weight excluding hydrogens is 585 g/mol. The van der Waals surface area contributed by atoms with Crippen LogP contribution < -0.4 is 0 Å². The molecule has 0 aliphatic heterocycles. The van der Waals surface area contributed by atoms with E-state index in [1.165, 1.54) is 96.6 Å². The lowest BCUT2D eigenvalue weighted by molar-refractivity contribution is 1.63. The molecule has 0 nitrogen and oxygen atoms in total. The van der Waals surface area contributed by atoms with E-state index in [0.29, 0.717) is 0 Å². The summed E-state index contributed by atoms with van der Waals surface area (Å²) in [6, 6.07) is 62.8. The molecule has 0 spiro atoms. The SMILES string of the molecule is c1cc(-c2ccc3c(c2)sc2cc4ccccc4cc23)cc(-c2c3ccccc3c(-c3cccc4ccccc34)c3ccccc23)c1. The van der Waals surface area contributed by atoms with E-state index in [1.807, 2.05) is 11.3 Å². The molecule has 0 aliphatic rings. The average Bonchev–Trinajstić information content (AvgIpc) is 3.49. The van der Waals surface area contributed by atoms with Crippen molar-refractivity contribution in [2.24, 2.45) is 0 Å². The highest BCUT2D eigenvalue weighted by Crippen LogP contribution is 2.46. The average molecular weight is 613 g/mol. The fraction of sp³-hybridized carbons (Fsp3) is 0. The van der Waals surface area contributed by atoms with Crippen LogP contribution in [0.2, 0.25) is 0 Å². The first-order valence-corrected chi connectivity index (χ1v) is 17.0. The van der Waals surface area contributed by atoms with Gasteiger partial charge in [-0.2, -0.15) is 0 Å². The monoisotopic (exact) mass is 612 g/mol. The summed E-state index contributed by atoms with van der Waals surface area (Å²) < 4.78 is 2.67. The highest BCUT2D eigenvalue weighted by molar-refractivity contribution is 7.25. The molecule has 0 saturated carbocycles. The first-order chi connectivity index (χ1) is 23.3. The van der Waals surface area contributed by atoms with Gasteiger partial charge >= 0.3 is 0 Å². The lowest BCUT2D eigenvalue weighted by Crippen LogP contribution is -1.92. The van der Waals surface area contributed by atoms with Crippen LogP contribution in [0.5, 0.6) is 0 Å². The number of benzene rings is 9. The van der Waals surface area contributed by atoms with Gasteiger partial charge in [-0.25, -0.2) is 0 Å². The van der Waals surface area contributed by atoms with Crippen LogP contribution in [0.4, 0.5) is 0 Å². The molecule has 0 radical (unpaired) electrons. The van der Waals surface area contributed by atoms with Gasteiger partial charge in [0.1, 0.15) is 0 Å². The topological polar surface area (TPSA) is 0 Å². The molecule has 9 aromatic carbocycles. The third-order valence-electron chi connectivity index (χ3n) is 9.81. The Morgan fingerprint density at radius 3 is 1.55 bits per heavy atom. The first-order valence-electron chi connectivity index (χ1n) is 16.2. The molecule has 218 valence electrons. The summed E-state index contributed by atoms with van der Waals surface area (Å²) in [7, 11) is 0. The van der Waals surface area contributed by atoms with Gasteiger partial charge in [0.15, 0.2) is 0 Å². The highest BCUT2D eigenvalue weighted by Gasteiger charge is 2.18. The Kier molecular flexibility index (Phi) is 5.85. The van der Waals surface area contributed by atoms with Crippen molar-refractivity contribution < 1.29 is 0 Å². The van der Waals surface area contributed by atoms with Crippen molar-refractivity contribution in [3.05, 3.63) is 170 Å². The van der Waals surface area contributed by atoms with Crippen molar-refractivity contribution in [2.75, 3.05) is 0 Å². The number of thiophene rings is 1. The Hall–Kier alpha value is -5.76. The number of hydrogen-bond donors (Lipinski definition) is 0. The molecule has 1 heterocycles. The summed E-state index contributed by atoms with van der Waals surface area (Å²) in [5, 5.41) is 12.9. The van der Waals surface area contributed by atoms with Crippen LogP contribution in [0, 0.1) is 0 Å². The molecule has 0 unspecified atom stereocenters. The Morgan fingerprint density at radius 2 is 0.809 bits per heavy atom.